The first kappa shape index (κ1) is 40.0. The first-order chi connectivity index (χ1) is 16.8. The van der Waals surface area contributed by atoms with Gasteiger partial charge in [0.1, 0.15) is 18.6 Å². The summed E-state index contributed by atoms with van der Waals surface area (Å²) in [6.07, 6.45) is 4.71. The number of carbonyl (C=O) groups excluding carboxylic acids is 1. The summed E-state index contributed by atoms with van der Waals surface area (Å²) in [6, 6.07) is 14.6. The molecule has 5 heteroatoms. The van der Waals surface area contributed by atoms with E-state index in [0.29, 0.717) is 12.7 Å². The Hall–Kier alpha value is -2.21. The lowest BCUT2D eigenvalue weighted by atomic mass is 10.1. The van der Waals surface area contributed by atoms with Crippen LogP contribution in [0, 0.1) is 20.8 Å². The number of ether oxygens (including phenoxy) is 2. The molecule has 5 nitrogen and oxygen atoms in total. The largest absolute Gasteiger partial charge is 0.489 e. The standard InChI is InChI=1S/C16H18O.C7H16O.C3H8.C2H4O.C2H6.H2O2/c1-12-5-8-16(9-6-12)17-11-15-10-13(2)4-7-14(15)3;1-4-6-8-7(3)5-2;1-3-2;1-2-3;2*1-2/h4-10H,11H2,1-3H3;7H,4-6H2,1-3H3;3H2,1-2H3;2H,1H3;1-2H3;1-2H. The van der Waals surface area contributed by atoms with E-state index in [4.69, 9.17) is 24.8 Å². The number of aldehydes is 1. The van der Waals surface area contributed by atoms with Crippen molar-refractivity contribution in [3.05, 3.63) is 64.7 Å². The van der Waals surface area contributed by atoms with Crippen LogP contribution < -0.4 is 4.74 Å². The van der Waals surface area contributed by atoms with Crippen molar-refractivity contribution in [3.8, 4) is 5.75 Å². The topological polar surface area (TPSA) is 76.0 Å². The monoisotopic (exact) mass is 494 g/mol. The molecule has 0 aliphatic heterocycles. The molecule has 0 radical (unpaired) electrons. The third kappa shape index (κ3) is 27.9. The normalized spacial score (nSPS) is 9.40. The summed E-state index contributed by atoms with van der Waals surface area (Å²) < 4.78 is 11.1. The Morgan fingerprint density at radius 1 is 0.886 bits per heavy atom. The molecule has 2 rings (SSSR count). The molecule has 0 bridgehead atoms. The highest BCUT2D eigenvalue weighted by molar-refractivity contribution is 5.44. The van der Waals surface area contributed by atoms with Gasteiger partial charge in [0.2, 0.25) is 0 Å². The van der Waals surface area contributed by atoms with Crippen molar-refractivity contribution in [1.29, 1.82) is 0 Å². The van der Waals surface area contributed by atoms with Gasteiger partial charge in [-0.3, -0.25) is 10.5 Å². The molecule has 1 atom stereocenters. The fourth-order valence-electron chi connectivity index (χ4n) is 2.19. The highest BCUT2D eigenvalue weighted by atomic mass is 17.0. The molecule has 0 aliphatic carbocycles. The summed E-state index contributed by atoms with van der Waals surface area (Å²) in [5, 5.41) is 12.0. The van der Waals surface area contributed by atoms with Crippen LogP contribution in [0.4, 0.5) is 0 Å². The quantitative estimate of drug-likeness (QED) is 0.228. The zero-order valence-electron chi connectivity index (χ0n) is 24.4. The Labute approximate surface area is 216 Å². The minimum absolute atomic E-state index is 0.454. The van der Waals surface area contributed by atoms with Gasteiger partial charge in [-0.05, 0) is 70.7 Å². The van der Waals surface area contributed by atoms with Gasteiger partial charge >= 0.3 is 0 Å². The zero-order valence-corrected chi connectivity index (χ0v) is 24.4. The summed E-state index contributed by atoms with van der Waals surface area (Å²) in [7, 11) is 0. The summed E-state index contributed by atoms with van der Waals surface area (Å²) in [5.74, 6) is 0.927. The van der Waals surface area contributed by atoms with Gasteiger partial charge < -0.3 is 14.3 Å². The molecule has 2 N–H and O–H groups in total. The maximum Gasteiger partial charge on any atom is 0.119 e. The molecular formula is C30H54O5. The molecule has 0 saturated carbocycles. The van der Waals surface area contributed by atoms with E-state index in [1.54, 1.807) is 0 Å². The Kier molecular flexibility index (Phi) is 36.3. The molecule has 0 fully saturated rings. The second-order valence-corrected chi connectivity index (χ2v) is 7.56. The number of benzene rings is 2. The van der Waals surface area contributed by atoms with Crippen molar-refractivity contribution in [2.45, 2.75) is 108 Å². The van der Waals surface area contributed by atoms with Gasteiger partial charge in [-0.1, -0.05) is 89.4 Å². The second kappa shape index (κ2) is 31.8. The van der Waals surface area contributed by atoms with E-state index in [0.717, 1.165) is 31.5 Å². The smallest absolute Gasteiger partial charge is 0.119 e. The van der Waals surface area contributed by atoms with Gasteiger partial charge in [0.15, 0.2) is 0 Å². The van der Waals surface area contributed by atoms with Crippen molar-refractivity contribution in [2.75, 3.05) is 6.61 Å². The van der Waals surface area contributed by atoms with Crippen LogP contribution in [0.5, 0.6) is 5.75 Å². The van der Waals surface area contributed by atoms with Crippen LogP contribution in [0.3, 0.4) is 0 Å². The first-order valence-corrected chi connectivity index (χ1v) is 12.8. The molecule has 0 saturated heterocycles. The van der Waals surface area contributed by atoms with Crippen LogP contribution >= 0.6 is 0 Å². The van der Waals surface area contributed by atoms with Crippen LogP contribution in [-0.2, 0) is 16.1 Å². The summed E-state index contributed by atoms with van der Waals surface area (Å²) in [5.41, 5.74) is 5.07. The highest BCUT2D eigenvalue weighted by Crippen LogP contribution is 2.16. The molecule has 0 aliphatic rings. The SMILES string of the molecule is CC.CC=O.CCC.CCCOC(C)CC.Cc1ccc(OCc2cc(C)ccc2C)cc1.OO. The van der Waals surface area contributed by atoms with Crippen LogP contribution in [0.2, 0.25) is 0 Å². The van der Waals surface area contributed by atoms with Crippen LogP contribution in [0.25, 0.3) is 0 Å². The minimum atomic E-state index is 0.454. The van der Waals surface area contributed by atoms with Gasteiger partial charge in [0, 0.05) is 6.61 Å². The molecule has 1 unspecified atom stereocenters. The van der Waals surface area contributed by atoms with E-state index >= 15 is 0 Å². The minimum Gasteiger partial charge on any atom is -0.489 e. The van der Waals surface area contributed by atoms with Crippen LogP contribution in [0.1, 0.15) is 96.9 Å². The average molecular weight is 495 g/mol. The summed E-state index contributed by atoms with van der Waals surface area (Å²) in [6.45, 7) is 23.9. The predicted molar refractivity (Wildman–Crippen MR) is 152 cm³/mol. The number of hydrogen-bond donors (Lipinski definition) is 2. The van der Waals surface area contributed by atoms with E-state index in [-0.39, 0.29) is 0 Å². The molecule has 35 heavy (non-hydrogen) atoms. The lowest BCUT2D eigenvalue weighted by molar-refractivity contribution is -0.176. The third-order valence-corrected chi connectivity index (χ3v) is 4.10. The molecular weight excluding hydrogens is 440 g/mol. The average Bonchev–Trinajstić information content (AvgIpc) is 2.88. The summed E-state index contributed by atoms with van der Waals surface area (Å²) >= 11 is 0. The van der Waals surface area contributed by atoms with E-state index in [2.05, 4.69) is 85.7 Å². The van der Waals surface area contributed by atoms with E-state index in [1.807, 2.05) is 26.0 Å². The zero-order chi connectivity index (χ0) is 28.1. The second-order valence-electron chi connectivity index (χ2n) is 7.56. The maximum atomic E-state index is 8.81. The lowest BCUT2D eigenvalue weighted by Crippen LogP contribution is -2.06. The number of hydrogen-bond acceptors (Lipinski definition) is 5. The number of rotatable bonds is 7. The van der Waals surface area contributed by atoms with Crippen molar-refractivity contribution < 1.29 is 24.8 Å². The molecule has 0 heterocycles. The van der Waals surface area contributed by atoms with Gasteiger partial charge in [0.25, 0.3) is 0 Å². The fourth-order valence-corrected chi connectivity index (χ4v) is 2.19. The Morgan fingerprint density at radius 3 is 1.77 bits per heavy atom. The summed E-state index contributed by atoms with van der Waals surface area (Å²) in [4.78, 5) is 8.81. The third-order valence-electron chi connectivity index (χ3n) is 4.10. The van der Waals surface area contributed by atoms with Crippen molar-refractivity contribution in [2.24, 2.45) is 0 Å². The molecule has 204 valence electrons. The molecule has 2 aromatic rings. The Bertz CT molecular complexity index is 669. The fraction of sp³-hybridized carbons (Fsp3) is 0.567. The number of aryl methyl sites for hydroxylation is 3. The molecule has 0 aromatic heterocycles. The van der Waals surface area contributed by atoms with E-state index in [1.165, 1.54) is 35.6 Å². The van der Waals surface area contributed by atoms with Crippen molar-refractivity contribution in [3.63, 3.8) is 0 Å². The van der Waals surface area contributed by atoms with E-state index < -0.39 is 0 Å². The van der Waals surface area contributed by atoms with Gasteiger partial charge in [-0.25, -0.2) is 0 Å². The predicted octanol–water partition coefficient (Wildman–Crippen LogP) is 9.07. The molecule has 0 spiro atoms. The molecule has 0 amide bonds. The Morgan fingerprint density at radius 2 is 1.34 bits per heavy atom. The van der Waals surface area contributed by atoms with Crippen molar-refractivity contribution >= 4 is 6.29 Å². The molecule has 2 aromatic carbocycles. The highest BCUT2D eigenvalue weighted by Gasteiger charge is 2.00. The van der Waals surface area contributed by atoms with Crippen LogP contribution in [0.15, 0.2) is 42.5 Å². The van der Waals surface area contributed by atoms with Gasteiger partial charge in [0.05, 0.1) is 6.10 Å². The van der Waals surface area contributed by atoms with E-state index in [9.17, 15) is 0 Å². The van der Waals surface area contributed by atoms with Gasteiger partial charge in [-0.15, -0.1) is 0 Å². The lowest BCUT2D eigenvalue weighted by Gasteiger charge is -2.09. The number of carbonyl (C=O) groups is 1. The van der Waals surface area contributed by atoms with Gasteiger partial charge in [-0.2, -0.15) is 0 Å². The van der Waals surface area contributed by atoms with Crippen molar-refractivity contribution in [1.82, 2.24) is 0 Å². The maximum absolute atomic E-state index is 8.81. The first-order valence-electron chi connectivity index (χ1n) is 12.8. The van der Waals surface area contributed by atoms with Crippen LogP contribution in [-0.4, -0.2) is 29.5 Å². The Balaban J connectivity index is -0.000000224.